The van der Waals surface area contributed by atoms with Crippen molar-refractivity contribution in [2.45, 2.75) is 38.6 Å². The molecule has 2 atom stereocenters. The summed E-state index contributed by atoms with van der Waals surface area (Å²) in [7, 11) is 0. The molecule has 0 heterocycles. The van der Waals surface area contributed by atoms with Crippen LogP contribution in [0, 0.1) is 18.8 Å². The molecule has 0 saturated heterocycles. The van der Waals surface area contributed by atoms with E-state index < -0.39 is 17.8 Å². The summed E-state index contributed by atoms with van der Waals surface area (Å²) in [6.45, 7) is 1.84. The number of aliphatic carboxylic acids is 1. The van der Waals surface area contributed by atoms with E-state index in [1.807, 2.05) is 13.0 Å². The highest BCUT2D eigenvalue weighted by atomic mass is 16.4. The quantitative estimate of drug-likeness (QED) is 0.716. The van der Waals surface area contributed by atoms with Gasteiger partial charge in [0.15, 0.2) is 0 Å². The highest BCUT2D eigenvalue weighted by Gasteiger charge is 2.34. The second-order valence-corrected chi connectivity index (χ2v) is 6.76. The second-order valence-electron chi connectivity index (χ2n) is 6.76. The Morgan fingerprint density at radius 3 is 2.40 bits per heavy atom. The highest BCUT2D eigenvalue weighted by molar-refractivity contribution is 5.99. The molecule has 2 aliphatic carbocycles. The number of carboxylic acids is 1. The van der Waals surface area contributed by atoms with Gasteiger partial charge in [0.25, 0.3) is 5.91 Å². The van der Waals surface area contributed by atoms with Crippen LogP contribution in [0.4, 0.5) is 5.69 Å². The van der Waals surface area contributed by atoms with Crippen molar-refractivity contribution in [3.05, 3.63) is 41.5 Å². The van der Waals surface area contributed by atoms with E-state index in [-0.39, 0.29) is 17.9 Å². The van der Waals surface area contributed by atoms with Crippen molar-refractivity contribution in [1.29, 1.82) is 0 Å². The van der Waals surface area contributed by atoms with Gasteiger partial charge in [0, 0.05) is 17.3 Å². The van der Waals surface area contributed by atoms with E-state index in [4.69, 9.17) is 0 Å². The molecule has 3 N–H and O–H groups in total. The summed E-state index contributed by atoms with van der Waals surface area (Å²) >= 11 is 0. The van der Waals surface area contributed by atoms with Gasteiger partial charge in [-0.2, -0.15) is 0 Å². The summed E-state index contributed by atoms with van der Waals surface area (Å²) in [5.41, 5.74) is 1.87. The molecule has 1 aromatic rings. The molecule has 2 unspecified atom stereocenters. The lowest BCUT2D eigenvalue weighted by atomic mass is 9.82. The van der Waals surface area contributed by atoms with Crippen molar-refractivity contribution in [3.63, 3.8) is 0 Å². The summed E-state index contributed by atoms with van der Waals surface area (Å²) < 4.78 is 0. The van der Waals surface area contributed by atoms with Crippen molar-refractivity contribution in [3.8, 4) is 0 Å². The third kappa shape index (κ3) is 4.07. The number of hydrogen-bond acceptors (Lipinski definition) is 3. The van der Waals surface area contributed by atoms with Crippen LogP contribution in [-0.4, -0.2) is 28.9 Å². The van der Waals surface area contributed by atoms with Crippen LogP contribution in [0.1, 0.15) is 41.6 Å². The van der Waals surface area contributed by atoms with Crippen molar-refractivity contribution < 1.29 is 19.5 Å². The third-order valence-electron chi connectivity index (χ3n) is 4.76. The highest BCUT2D eigenvalue weighted by Crippen LogP contribution is 2.28. The van der Waals surface area contributed by atoms with Gasteiger partial charge in [0.2, 0.25) is 5.91 Å². The Hall–Kier alpha value is -2.63. The summed E-state index contributed by atoms with van der Waals surface area (Å²) in [5.74, 6) is -2.75. The van der Waals surface area contributed by atoms with Crippen molar-refractivity contribution >= 4 is 23.5 Å². The van der Waals surface area contributed by atoms with Gasteiger partial charge in [0.05, 0.1) is 11.8 Å². The Labute approximate surface area is 146 Å². The van der Waals surface area contributed by atoms with Crippen LogP contribution in [0.25, 0.3) is 0 Å². The number of benzene rings is 1. The van der Waals surface area contributed by atoms with Crippen LogP contribution in [-0.2, 0) is 9.59 Å². The molecule has 132 valence electrons. The normalized spacial score (nSPS) is 22.3. The minimum absolute atomic E-state index is 0.151. The molecule has 3 rings (SSSR count). The summed E-state index contributed by atoms with van der Waals surface area (Å²) in [5, 5.41) is 15.0. The van der Waals surface area contributed by atoms with Gasteiger partial charge in [-0.25, -0.2) is 0 Å². The van der Waals surface area contributed by atoms with Crippen LogP contribution in [0.15, 0.2) is 30.4 Å². The molecule has 0 aliphatic heterocycles. The van der Waals surface area contributed by atoms with E-state index >= 15 is 0 Å². The SMILES string of the molecule is Cc1ccc(C(=O)NC2CC2)cc1NC(=O)C1CC=CCC1C(=O)O. The van der Waals surface area contributed by atoms with E-state index in [1.165, 1.54) is 0 Å². The van der Waals surface area contributed by atoms with Crippen molar-refractivity contribution in [2.75, 3.05) is 5.32 Å². The lowest BCUT2D eigenvalue weighted by Gasteiger charge is -2.24. The van der Waals surface area contributed by atoms with Gasteiger partial charge < -0.3 is 15.7 Å². The van der Waals surface area contributed by atoms with Crippen LogP contribution in [0.2, 0.25) is 0 Å². The fourth-order valence-electron chi connectivity index (χ4n) is 3.00. The monoisotopic (exact) mass is 342 g/mol. The summed E-state index contributed by atoms with van der Waals surface area (Å²) in [4.78, 5) is 36.1. The molecule has 2 amide bonds. The van der Waals surface area contributed by atoms with Crippen LogP contribution in [0.5, 0.6) is 0 Å². The predicted molar refractivity (Wildman–Crippen MR) is 93.3 cm³/mol. The molecule has 1 aromatic carbocycles. The first kappa shape index (κ1) is 17.2. The Balaban J connectivity index is 1.74. The zero-order chi connectivity index (χ0) is 18.0. The number of anilines is 1. The maximum absolute atomic E-state index is 12.6. The molecular weight excluding hydrogens is 320 g/mol. The second kappa shape index (κ2) is 7.09. The molecular formula is C19H22N2O4. The first-order chi connectivity index (χ1) is 12.0. The number of carbonyl (C=O) groups is 3. The Morgan fingerprint density at radius 1 is 1.08 bits per heavy atom. The van der Waals surface area contributed by atoms with E-state index in [0.717, 1.165) is 18.4 Å². The fourth-order valence-corrected chi connectivity index (χ4v) is 3.00. The Bertz CT molecular complexity index is 737. The Morgan fingerprint density at radius 2 is 1.76 bits per heavy atom. The lowest BCUT2D eigenvalue weighted by Crippen LogP contribution is -2.35. The fraction of sp³-hybridized carbons (Fsp3) is 0.421. The van der Waals surface area contributed by atoms with E-state index in [2.05, 4.69) is 10.6 Å². The van der Waals surface area contributed by atoms with Gasteiger partial charge in [0.1, 0.15) is 0 Å². The molecule has 2 aliphatic rings. The van der Waals surface area contributed by atoms with Crippen LogP contribution >= 0.6 is 0 Å². The largest absolute Gasteiger partial charge is 0.481 e. The number of amides is 2. The first-order valence-electron chi connectivity index (χ1n) is 8.56. The van der Waals surface area contributed by atoms with Crippen molar-refractivity contribution in [1.82, 2.24) is 5.32 Å². The standard InChI is InChI=1S/C19H22N2O4/c1-11-6-7-12(17(22)20-13-8-9-13)10-16(11)21-18(23)14-4-2-3-5-15(14)19(24)25/h2-3,6-7,10,13-15H,4-5,8-9H2,1H3,(H,20,22)(H,21,23)(H,24,25). The zero-order valence-electron chi connectivity index (χ0n) is 14.1. The number of carboxylic acid groups (broad SMARTS) is 1. The van der Waals surface area contributed by atoms with Gasteiger partial charge in [-0.15, -0.1) is 0 Å². The van der Waals surface area contributed by atoms with E-state index in [9.17, 15) is 19.5 Å². The molecule has 0 spiro atoms. The maximum Gasteiger partial charge on any atom is 0.307 e. The van der Waals surface area contributed by atoms with Gasteiger partial charge in [-0.3, -0.25) is 14.4 Å². The topological polar surface area (TPSA) is 95.5 Å². The number of hydrogen-bond donors (Lipinski definition) is 3. The Kier molecular flexibility index (Phi) is 4.88. The minimum atomic E-state index is -0.959. The number of carbonyl (C=O) groups excluding carboxylic acids is 2. The molecule has 1 saturated carbocycles. The predicted octanol–water partition coefficient (Wildman–Crippen LogP) is 2.49. The minimum Gasteiger partial charge on any atom is -0.481 e. The number of allylic oxidation sites excluding steroid dienone is 2. The molecule has 0 radical (unpaired) electrons. The van der Waals surface area contributed by atoms with Gasteiger partial charge in [-0.05, 0) is 50.3 Å². The number of rotatable bonds is 5. The maximum atomic E-state index is 12.6. The van der Waals surface area contributed by atoms with E-state index in [1.54, 1.807) is 24.3 Å². The lowest BCUT2D eigenvalue weighted by molar-refractivity contribution is -0.146. The smallest absolute Gasteiger partial charge is 0.307 e. The third-order valence-corrected chi connectivity index (χ3v) is 4.76. The molecule has 0 aromatic heterocycles. The average molecular weight is 342 g/mol. The molecule has 6 heteroatoms. The van der Waals surface area contributed by atoms with E-state index in [0.29, 0.717) is 24.1 Å². The molecule has 25 heavy (non-hydrogen) atoms. The van der Waals surface area contributed by atoms with Gasteiger partial charge in [-0.1, -0.05) is 18.2 Å². The van der Waals surface area contributed by atoms with Gasteiger partial charge >= 0.3 is 5.97 Å². The summed E-state index contributed by atoms with van der Waals surface area (Å²) in [6, 6.07) is 5.43. The number of nitrogens with one attached hydrogen (secondary N) is 2. The zero-order valence-corrected chi connectivity index (χ0v) is 14.1. The molecule has 0 bridgehead atoms. The number of aryl methyl sites for hydroxylation is 1. The van der Waals surface area contributed by atoms with Crippen molar-refractivity contribution in [2.24, 2.45) is 11.8 Å². The van der Waals surface area contributed by atoms with Crippen LogP contribution in [0.3, 0.4) is 0 Å². The molecule has 6 nitrogen and oxygen atoms in total. The summed E-state index contributed by atoms with van der Waals surface area (Å²) in [6.07, 6.45) is 6.42. The molecule has 1 fully saturated rings. The average Bonchev–Trinajstić information content (AvgIpc) is 3.40. The first-order valence-corrected chi connectivity index (χ1v) is 8.56. The van der Waals surface area contributed by atoms with Crippen LogP contribution < -0.4 is 10.6 Å².